The summed E-state index contributed by atoms with van der Waals surface area (Å²) >= 11 is -0.826. The summed E-state index contributed by atoms with van der Waals surface area (Å²) in [5.41, 5.74) is 4.59. The number of halogens is 8. The van der Waals surface area contributed by atoms with Gasteiger partial charge in [0.15, 0.2) is 0 Å². The van der Waals surface area contributed by atoms with Crippen LogP contribution in [0.2, 0.25) is 13.1 Å². The van der Waals surface area contributed by atoms with Crippen molar-refractivity contribution in [1.82, 2.24) is 0 Å². The number of alkyl halides is 6. The quantitative estimate of drug-likeness (QED) is 0.0935. The third-order valence-corrected chi connectivity index (χ3v) is 6.88. The van der Waals surface area contributed by atoms with Gasteiger partial charge in [0.05, 0.1) is 0 Å². The molecular formula is C36H30Cl2F6SiZr. The van der Waals surface area contributed by atoms with Crippen molar-refractivity contribution >= 4 is 48.1 Å². The van der Waals surface area contributed by atoms with Gasteiger partial charge in [0, 0.05) is 9.52 Å². The van der Waals surface area contributed by atoms with E-state index in [2.05, 4.69) is 13.1 Å². The normalized spacial score (nSPS) is 11.0. The summed E-state index contributed by atoms with van der Waals surface area (Å²) in [6.07, 6.45) is -8.60. The van der Waals surface area contributed by atoms with Gasteiger partial charge in [-0.15, -0.1) is 57.9 Å². The second-order valence-electron chi connectivity index (χ2n) is 10.4. The average Bonchev–Trinajstić information content (AvgIpc) is 3.65. The van der Waals surface area contributed by atoms with Crippen molar-refractivity contribution in [2.75, 3.05) is 0 Å². The van der Waals surface area contributed by atoms with Crippen LogP contribution in [0.25, 0.3) is 43.8 Å². The maximum atomic E-state index is 12.8. The third kappa shape index (κ3) is 10.2. The van der Waals surface area contributed by atoms with E-state index in [1.807, 2.05) is 74.5 Å². The minimum atomic E-state index is -4.30. The van der Waals surface area contributed by atoms with Crippen LogP contribution in [0, 0.1) is 13.8 Å². The van der Waals surface area contributed by atoms with Crippen LogP contribution in [0.15, 0.2) is 109 Å². The molecule has 0 spiro atoms. The molecule has 6 rings (SSSR count). The summed E-state index contributed by atoms with van der Waals surface area (Å²) in [6, 6.07) is 31.1. The molecule has 238 valence electrons. The van der Waals surface area contributed by atoms with Crippen molar-refractivity contribution in [3.63, 3.8) is 0 Å². The van der Waals surface area contributed by atoms with Gasteiger partial charge in [0.2, 0.25) is 0 Å². The van der Waals surface area contributed by atoms with Crippen LogP contribution in [0.5, 0.6) is 0 Å². The van der Waals surface area contributed by atoms with Crippen LogP contribution in [-0.2, 0) is 33.2 Å². The zero-order chi connectivity index (χ0) is 34.1. The Balaban J connectivity index is 0.000000214. The summed E-state index contributed by atoms with van der Waals surface area (Å²) in [5, 5.41) is 2.53. The SMILES string of the molecule is C[Si]C.Cc1ccc(-c2cccc3[cH-]c(C(F)(F)F)cc23)cc1.Cc1ccc(-c2cccc3[cH-]c(C(F)(F)F)cc23)cc1.[Cl][Zr+2][Cl]. The summed E-state index contributed by atoms with van der Waals surface area (Å²) in [5.74, 6) is 0. The molecule has 0 heterocycles. The first-order valence-corrected chi connectivity index (χ1v) is 22.3. The first kappa shape index (κ1) is 37.8. The van der Waals surface area contributed by atoms with E-state index in [0.717, 1.165) is 42.9 Å². The van der Waals surface area contributed by atoms with Crippen molar-refractivity contribution in [1.29, 1.82) is 0 Å². The van der Waals surface area contributed by atoms with Crippen molar-refractivity contribution in [2.24, 2.45) is 0 Å². The Labute approximate surface area is 286 Å². The number of aryl methyl sites for hydroxylation is 2. The standard InChI is InChI=1S/2C17H12F3.C2H6Si.2ClH.Zr/c2*1-11-5-7-12(8-6-11)15-4-2-3-13-9-14(10-16(13)15)17(18,19)20;1-3-2;;;/h2*2-10H,1H3;1-2H3;2*1H;/q2*-1;;;;+4/p-2. The van der Waals surface area contributed by atoms with Crippen molar-refractivity contribution in [2.45, 2.75) is 39.3 Å². The van der Waals surface area contributed by atoms with Crippen LogP contribution in [-0.4, -0.2) is 9.52 Å². The molecule has 2 radical (unpaired) electrons. The fourth-order valence-electron chi connectivity index (χ4n) is 4.77. The van der Waals surface area contributed by atoms with Crippen molar-refractivity contribution in [3.05, 3.63) is 131 Å². The van der Waals surface area contributed by atoms with Crippen LogP contribution in [0.4, 0.5) is 26.3 Å². The van der Waals surface area contributed by atoms with Gasteiger partial charge in [0.1, 0.15) is 0 Å². The molecule has 0 fully saturated rings. The maximum absolute atomic E-state index is 12.8. The summed E-state index contributed by atoms with van der Waals surface area (Å²) in [4.78, 5) is 0. The third-order valence-electron chi connectivity index (χ3n) is 6.88. The molecule has 6 aromatic carbocycles. The van der Waals surface area contributed by atoms with Crippen molar-refractivity contribution in [3.8, 4) is 22.3 Å². The molecular weight excluding hydrogens is 737 g/mol. The van der Waals surface area contributed by atoms with E-state index in [-0.39, 0.29) is 0 Å². The Morgan fingerprint density at radius 2 is 0.870 bits per heavy atom. The summed E-state index contributed by atoms with van der Waals surface area (Å²) < 4.78 is 76.9. The minimum absolute atomic E-state index is 0.591. The first-order valence-electron chi connectivity index (χ1n) is 14.0. The fourth-order valence-corrected chi connectivity index (χ4v) is 4.77. The number of hydrogen-bond acceptors (Lipinski definition) is 0. The Kier molecular flexibility index (Phi) is 13.9. The van der Waals surface area contributed by atoms with Gasteiger partial charge in [-0.2, -0.15) is 38.5 Å². The molecule has 0 N–H and O–H groups in total. The number of rotatable bonds is 2. The predicted octanol–water partition coefficient (Wildman–Crippen LogP) is 13.3. The van der Waals surface area contributed by atoms with Gasteiger partial charge >= 0.3 is 50.2 Å². The summed E-state index contributed by atoms with van der Waals surface area (Å²) in [6.45, 7) is 8.27. The molecule has 10 heteroatoms. The summed E-state index contributed by atoms with van der Waals surface area (Å²) in [7, 11) is 11.0. The van der Waals surface area contributed by atoms with E-state index < -0.39 is 44.3 Å². The molecule has 0 bridgehead atoms. The van der Waals surface area contributed by atoms with E-state index in [1.165, 1.54) is 24.3 Å². The molecule has 0 aliphatic carbocycles. The molecule has 0 saturated carbocycles. The second kappa shape index (κ2) is 17.0. The number of benzene rings is 4. The fraction of sp³-hybridized carbons (Fsp3) is 0.167. The predicted molar refractivity (Wildman–Crippen MR) is 179 cm³/mol. The first-order chi connectivity index (χ1) is 21.7. The topological polar surface area (TPSA) is 0 Å². The van der Waals surface area contributed by atoms with Gasteiger partial charge in [-0.1, -0.05) is 96.0 Å². The molecule has 0 aliphatic heterocycles. The molecule has 0 nitrogen and oxygen atoms in total. The Hall–Kier alpha value is -2.64. The molecule has 0 aliphatic rings. The van der Waals surface area contributed by atoms with E-state index in [0.29, 0.717) is 21.5 Å². The Morgan fingerprint density at radius 1 is 0.565 bits per heavy atom. The van der Waals surface area contributed by atoms with Gasteiger partial charge in [-0.25, -0.2) is 0 Å². The van der Waals surface area contributed by atoms with Crippen molar-refractivity contribution < 1.29 is 47.2 Å². The zero-order valence-corrected chi connectivity index (χ0v) is 30.4. The molecule has 0 unspecified atom stereocenters. The van der Waals surface area contributed by atoms with E-state index in [4.69, 9.17) is 17.0 Å². The van der Waals surface area contributed by atoms with E-state index in [1.54, 1.807) is 24.3 Å². The van der Waals surface area contributed by atoms with Crippen LogP contribution >= 0.6 is 17.0 Å². The van der Waals surface area contributed by atoms with E-state index >= 15 is 0 Å². The molecule has 0 atom stereocenters. The Bertz CT molecular complexity index is 1680. The second-order valence-corrected chi connectivity index (χ2v) is 15.1. The number of fused-ring (bicyclic) bond motifs is 2. The molecule has 0 amide bonds. The average molecular weight is 767 g/mol. The van der Waals surface area contributed by atoms with E-state index in [9.17, 15) is 26.3 Å². The van der Waals surface area contributed by atoms with Crippen LogP contribution < -0.4 is 0 Å². The van der Waals surface area contributed by atoms with Gasteiger partial charge < -0.3 is 0 Å². The molecule has 46 heavy (non-hydrogen) atoms. The van der Waals surface area contributed by atoms with Crippen LogP contribution in [0.3, 0.4) is 0 Å². The Morgan fingerprint density at radius 3 is 1.15 bits per heavy atom. The van der Waals surface area contributed by atoms with Gasteiger partial charge in [-0.3, -0.25) is 0 Å². The molecule has 0 saturated heterocycles. The van der Waals surface area contributed by atoms with Crippen LogP contribution in [0.1, 0.15) is 22.3 Å². The molecule has 0 aromatic heterocycles. The monoisotopic (exact) mass is 764 g/mol. The number of hydrogen-bond donors (Lipinski definition) is 0. The molecule has 6 aromatic rings. The zero-order valence-electron chi connectivity index (χ0n) is 25.4. The van der Waals surface area contributed by atoms with Gasteiger partial charge in [-0.05, 0) is 36.1 Å². The van der Waals surface area contributed by atoms with Gasteiger partial charge in [0.25, 0.3) is 0 Å².